The first-order valence-corrected chi connectivity index (χ1v) is 9.93. The summed E-state index contributed by atoms with van der Waals surface area (Å²) in [6.07, 6.45) is 0.741. The second-order valence-electron chi connectivity index (χ2n) is 7.20. The Morgan fingerprint density at radius 2 is 1.53 bits per heavy atom. The van der Waals surface area contributed by atoms with Gasteiger partial charge in [0.15, 0.2) is 6.61 Å². The van der Waals surface area contributed by atoms with Gasteiger partial charge >= 0.3 is 0 Å². The van der Waals surface area contributed by atoms with Crippen LogP contribution in [0, 0.1) is 13.8 Å². The molecule has 3 rings (SSSR count). The lowest BCUT2D eigenvalue weighted by Crippen LogP contribution is -2.28. The molecule has 0 atom stereocenters. The molecule has 154 valence electrons. The molecule has 0 aliphatic carbocycles. The first kappa shape index (κ1) is 21.1. The topological polar surface area (TPSA) is 67.4 Å². The predicted molar refractivity (Wildman–Crippen MR) is 119 cm³/mol. The van der Waals surface area contributed by atoms with Gasteiger partial charge in [-0.05, 0) is 61.2 Å². The Hall–Kier alpha value is -3.60. The maximum Gasteiger partial charge on any atom is 0.262 e. The molecule has 3 aromatic rings. The number of ether oxygens (including phenoxy) is 1. The molecule has 30 heavy (non-hydrogen) atoms. The Morgan fingerprint density at radius 1 is 0.867 bits per heavy atom. The summed E-state index contributed by atoms with van der Waals surface area (Å²) >= 11 is 0. The van der Waals surface area contributed by atoms with Gasteiger partial charge in [0.05, 0.1) is 11.3 Å². The average Bonchev–Trinajstić information content (AvgIpc) is 2.73. The molecule has 2 amide bonds. The van der Waals surface area contributed by atoms with Crippen LogP contribution in [-0.4, -0.2) is 25.0 Å². The number of benzene rings is 3. The highest BCUT2D eigenvalue weighted by Crippen LogP contribution is 2.17. The van der Waals surface area contributed by atoms with Gasteiger partial charge in [-0.15, -0.1) is 0 Å². The van der Waals surface area contributed by atoms with Crippen LogP contribution >= 0.6 is 0 Å². The summed E-state index contributed by atoms with van der Waals surface area (Å²) < 4.78 is 5.60. The zero-order valence-corrected chi connectivity index (χ0v) is 17.3. The smallest absolute Gasteiger partial charge is 0.262 e. The second-order valence-corrected chi connectivity index (χ2v) is 7.20. The standard InChI is InChI=1S/C25H26N2O3/c1-18-14-19(2)16-21(15-18)30-17-24(28)27-23-11-7-6-10-22(23)25(29)26-13-12-20-8-4-3-5-9-20/h3-11,14-16H,12-13,17H2,1-2H3,(H,26,29)(H,27,28). The van der Waals surface area contributed by atoms with Gasteiger partial charge in [0.2, 0.25) is 0 Å². The van der Waals surface area contributed by atoms with Crippen molar-refractivity contribution in [2.24, 2.45) is 0 Å². The van der Waals surface area contributed by atoms with Crippen LogP contribution in [0.1, 0.15) is 27.0 Å². The Kier molecular flexibility index (Phi) is 7.22. The van der Waals surface area contributed by atoms with Crippen LogP contribution in [-0.2, 0) is 11.2 Å². The van der Waals surface area contributed by atoms with Crippen LogP contribution in [0.5, 0.6) is 5.75 Å². The summed E-state index contributed by atoms with van der Waals surface area (Å²) in [7, 11) is 0. The third-order valence-electron chi connectivity index (χ3n) is 4.55. The van der Waals surface area contributed by atoms with Crippen LogP contribution in [0.4, 0.5) is 5.69 Å². The highest BCUT2D eigenvalue weighted by molar-refractivity contribution is 6.04. The fraction of sp³-hybridized carbons (Fsp3) is 0.200. The minimum atomic E-state index is -0.321. The number of carbonyl (C=O) groups is 2. The maximum atomic E-state index is 12.6. The fourth-order valence-corrected chi connectivity index (χ4v) is 3.20. The molecule has 0 radical (unpaired) electrons. The molecule has 0 aliphatic heterocycles. The maximum absolute atomic E-state index is 12.6. The third kappa shape index (κ3) is 6.21. The van der Waals surface area contributed by atoms with Gasteiger partial charge in [-0.25, -0.2) is 0 Å². The molecule has 0 bridgehead atoms. The normalized spacial score (nSPS) is 10.3. The SMILES string of the molecule is Cc1cc(C)cc(OCC(=O)Nc2ccccc2C(=O)NCCc2ccccc2)c1. The van der Waals surface area contributed by atoms with E-state index in [1.807, 2.05) is 62.4 Å². The van der Waals surface area contributed by atoms with Crippen LogP contribution in [0.3, 0.4) is 0 Å². The highest BCUT2D eigenvalue weighted by atomic mass is 16.5. The molecule has 0 heterocycles. The van der Waals surface area contributed by atoms with Crippen molar-refractivity contribution >= 4 is 17.5 Å². The Bertz CT molecular complexity index is 996. The van der Waals surface area contributed by atoms with Gasteiger partial charge in [-0.3, -0.25) is 9.59 Å². The minimum absolute atomic E-state index is 0.132. The lowest BCUT2D eigenvalue weighted by atomic mass is 10.1. The zero-order chi connectivity index (χ0) is 21.3. The van der Waals surface area contributed by atoms with Crippen molar-refractivity contribution in [1.29, 1.82) is 0 Å². The molecule has 2 N–H and O–H groups in total. The number of hydrogen-bond donors (Lipinski definition) is 2. The molecule has 0 fully saturated rings. The number of hydrogen-bond acceptors (Lipinski definition) is 3. The minimum Gasteiger partial charge on any atom is -0.484 e. The summed E-state index contributed by atoms with van der Waals surface area (Å²) in [5.74, 6) is 0.102. The number of carbonyl (C=O) groups excluding carboxylic acids is 2. The van der Waals surface area contributed by atoms with Crippen molar-refractivity contribution in [2.45, 2.75) is 20.3 Å². The van der Waals surface area contributed by atoms with E-state index in [2.05, 4.69) is 10.6 Å². The predicted octanol–water partition coefficient (Wildman–Crippen LogP) is 4.29. The molecule has 5 heteroatoms. The number of anilines is 1. The molecule has 0 aliphatic rings. The van der Waals surface area contributed by atoms with E-state index in [4.69, 9.17) is 4.74 Å². The van der Waals surface area contributed by atoms with Crippen molar-refractivity contribution in [3.63, 3.8) is 0 Å². The average molecular weight is 402 g/mol. The van der Waals surface area contributed by atoms with Gasteiger partial charge in [-0.2, -0.15) is 0 Å². The van der Waals surface area contributed by atoms with Crippen molar-refractivity contribution < 1.29 is 14.3 Å². The van der Waals surface area contributed by atoms with Gasteiger partial charge in [0.1, 0.15) is 5.75 Å². The van der Waals surface area contributed by atoms with Crippen molar-refractivity contribution in [1.82, 2.24) is 5.32 Å². The molecular weight excluding hydrogens is 376 g/mol. The monoisotopic (exact) mass is 402 g/mol. The van der Waals surface area contributed by atoms with Crippen molar-refractivity contribution in [3.05, 3.63) is 95.1 Å². The Balaban J connectivity index is 1.56. The zero-order valence-electron chi connectivity index (χ0n) is 17.3. The largest absolute Gasteiger partial charge is 0.484 e. The number of amides is 2. The number of para-hydroxylation sites is 1. The Labute approximate surface area is 177 Å². The summed E-state index contributed by atoms with van der Waals surface area (Å²) in [6.45, 7) is 4.34. The lowest BCUT2D eigenvalue weighted by molar-refractivity contribution is -0.118. The molecule has 3 aromatic carbocycles. The number of nitrogens with one attached hydrogen (secondary N) is 2. The van der Waals surface area contributed by atoms with Crippen LogP contribution in [0.25, 0.3) is 0 Å². The van der Waals surface area contributed by atoms with E-state index in [0.29, 0.717) is 23.5 Å². The van der Waals surface area contributed by atoms with E-state index in [-0.39, 0.29) is 18.4 Å². The molecule has 0 saturated heterocycles. The lowest BCUT2D eigenvalue weighted by Gasteiger charge is -2.12. The van der Waals surface area contributed by atoms with Crippen molar-refractivity contribution in [3.8, 4) is 5.75 Å². The molecule has 0 spiro atoms. The van der Waals surface area contributed by atoms with E-state index in [1.165, 1.54) is 0 Å². The molecule has 0 saturated carbocycles. The van der Waals surface area contributed by atoms with E-state index in [0.717, 1.165) is 23.1 Å². The fourth-order valence-electron chi connectivity index (χ4n) is 3.20. The van der Waals surface area contributed by atoms with Gasteiger partial charge in [0.25, 0.3) is 11.8 Å². The summed E-state index contributed by atoms with van der Waals surface area (Å²) in [4.78, 5) is 25.0. The Morgan fingerprint density at radius 3 is 2.27 bits per heavy atom. The van der Waals surface area contributed by atoms with Crippen LogP contribution in [0.2, 0.25) is 0 Å². The summed E-state index contributed by atoms with van der Waals surface area (Å²) in [6, 6.07) is 22.7. The summed E-state index contributed by atoms with van der Waals surface area (Å²) in [5.41, 5.74) is 4.18. The first-order chi connectivity index (χ1) is 14.5. The first-order valence-electron chi connectivity index (χ1n) is 9.93. The van der Waals surface area contributed by atoms with E-state index in [1.54, 1.807) is 24.3 Å². The highest BCUT2D eigenvalue weighted by Gasteiger charge is 2.13. The number of aryl methyl sites for hydroxylation is 2. The number of rotatable bonds is 8. The van der Waals surface area contributed by atoms with Gasteiger partial charge in [0, 0.05) is 6.54 Å². The molecule has 0 unspecified atom stereocenters. The summed E-state index contributed by atoms with van der Waals surface area (Å²) in [5, 5.41) is 5.68. The van der Waals surface area contributed by atoms with Crippen LogP contribution < -0.4 is 15.4 Å². The molecule has 5 nitrogen and oxygen atoms in total. The molecular formula is C25H26N2O3. The second kappa shape index (κ2) is 10.3. The van der Waals surface area contributed by atoms with Crippen LogP contribution in [0.15, 0.2) is 72.8 Å². The van der Waals surface area contributed by atoms with Crippen molar-refractivity contribution in [2.75, 3.05) is 18.5 Å². The van der Waals surface area contributed by atoms with E-state index in [9.17, 15) is 9.59 Å². The molecule has 0 aromatic heterocycles. The van der Waals surface area contributed by atoms with E-state index < -0.39 is 0 Å². The van der Waals surface area contributed by atoms with Gasteiger partial charge in [-0.1, -0.05) is 48.5 Å². The van der Waals surface area contributed by atoms with E-state index >= 15 is 0 Å². The quantitative estimate of drug-likeness (QED) is 0.591. The van der Waals surface area contributed by atoms with Gasteiger partial charge < -0.3 is 15.4 Å². The third-order valence-corrected chi connectivity index (χ3v) is 4.55.